The van der Waals surface area contributed by atoms with Crippen LogP contribution in [0.3, 0.4) is 0 Å². The van der Waals surface area contributed by atoms with E-state index in [1.54, 1.807) is 12.1 Å². The minimum Gasteiger partial charge on any atom is -0.545 e. The van der Waals surface area contributed by atoms with E-state index in [2.05, 4.69) is 4.90 Å². The lowest BCUT2D eigenvalue weighted by atomic mass is 9.92. The van der Waals surface area contributed by atoms with Crippen molar-refractivity contribution in [2.24, 2.45) is 0 Å². The lowest BCUT2D eigenvalue weighted by Gasteiger charge is -2.52. The highest BCUT2D eigenvalue weighted by atomic mass is 35.5. The highest BCUT2D eigenvalue weighted by Crippen LogP contribution is 2.40. The molecule has 1 fully saturated rings. The molecule has 9 heteroatoms. The Labute approximate surface area is 216 Å². The third-order valence-corrected chi connectivity index (χ3v) is 9.25. The Morgan fingerprint density at radius 3 is 1.94 bits per heavy atom. The van der Waals surface area contributed by atoms with E-state index in [4.69, 9.17) is 23.2 Å². The number of sulfonamides is 1. The number of nitrogens with zero attached hydrogens (tertiary/aromatic N) is 2. The molecule has 1 unspecified atom stereocenters. The summed E-state index contributed by atoms with van der Waals surface area (Å²) in [6.45, 7) is 3.06. The van der Waals surface area contributed by atoms with E-state index < -0.39 is 16.0 Å². The Morgan fingerprint density at radius 1 is 1.00 bits per heavy atom. The maximum absolute atomic E-state index is 13.3. The number of carbonyl (C=O) groups excluding carboxylic acids is 1. The van der Waals surface area contributed by atoms with Crippen LogP contribution in [0.2, 0.25) is 10.0 Å². The van der Waals surface area contributed by atoms with Crippen molar-refractivity contribution in [2.45, 2.75) is 19.0 Å². The summed E-state index contributed by atoms with van der Waals surface area (Å²) >= 11 is 12.2. The number of benzene rings is 3. The van der Waals surface area contributed by atoms with Crippen LogP contribution in [0.15, 0.2) is 72.8 Å². The average Bonchev–Trinajstić information content (AvgIpc) is 2.79. The minimum atomic E-state index is -3.66. The van der Waals surface area contributed by atoms with Crippen LogP contribution in [0.25, 0.3) is 0 Å². The van der Waals surface area contributed by atoms with Gasteiger partial charge in [0.2, 0.25) is 0 Å². The second-order valence-electron chi connectivity index (χ2n) is 8.80. The minimum absolute atomic E-state index is 0.0431. The number of rotatable bonds is 8. The molecule has 0 amide bonds. The fourth-order valence-electron chi connectivity index (χ4n) is 5.08. The van der Waals surface area contributed by atoms with Crippen molar-refractivity contribution in [2.75, 3.05) is 25.9 Å². The van der Waals surface area contributed by atoms with Gasteiger partial charge in [-0.05, 0) is 42.3 Å². The van der Waals surface area contributed by atoms with Crippen molar-refractivity contribution >= 4 is 44.9 Å². The maximum atomic E-state index is 13.3. The zero-order valence-electron chi connectivity index (χ0n) is 19.4. The van der Waals surface area contributed by atoms with Crippen molar-refractivity contribution < 1.29 is 18.3 Å². The first-order valence-electron chi connectivity index (χ1n) is 11.2. The summed E-state index contributed by atoms with van der Waals surface area (Å²) in [6, 6.07) is 20.9. The van der Waals surface area contributed by atoms with Gasteiger partial charge in [-0.15, -0.1) is 0 Å². The van der Waals surface area contributed by atoms with Crippen LogP contribution in [0.5, 0.6) is 0 Å². The Balaban J connectivity index is 1.72. The van der Waals surface area contributed by atoms with Crippen molar-refractivity contribution in [1.82, 2.24) is 8.79 Å². The van der Waals surface area contributed by atoms with Crippen LogP contribution in [0.4, 0.5) is 5.69 Å². The first kappa shape index (κ1) is 25.7. The third-order valence-electron chi connectivity index (χ3n) is 6.80. The van der Waals surface area contributed by atoms with Crippen molar-refractivity contribution in [3.63, 3.8) is 0 Å². The van der Waals surface area contributed by atoms with Gasteiger partial charge in [-0.1, -0.05) is 59.6 Å². The van der Waals surface area contributed by atoms with Gasteiger partial charge < -0.3 is 9.90 Å². The van der Waals surface area contributed by atoms with E-state index >= 15 is 0 Å². The number of carboxylic acid groups (broad SMARTS) is 1. The van der Waals surface area contributed by atoms with Crippen molar-refractivity contribution in [3.8, 4) is 0 Å². The van der Waals surface area contributed by atoms with Gasteiger partial charge in [-0.3, -0.25) is 4.90 Å². The first-order chi connectivity index (χ1) is 16.6. The molecule has 0 N–H and O–H groups in total. The van der Waals surface area contributed by atoms with Gasteiger partial charge in [0, 0.05) is 27.7 Å². The molecule has 0 saturated carbocycles. The zero-order valence-corrected chi connectivity index (χ0v) is 21.7. The zero-order chi connectivity index (χ0) is 25.4. The second kappa shape index (κ2) is 9.91. The molecule has 1 heterocycles. The molecule has 3 aromatic carbocycles. The molecule has 0 aromatic heterocycles. The number of aromatic carboxylic acids is 1. The highest BCUT2D eigenvalue weighted by molar-refractivity contribution is 7.90. The third kappa shape index (κ3) is 4.84. The first-order valence-corrected chi connectivity index (χ1v) is 13.8. The van der Waals surface area contributed by atoms with E-state index in [1.165, 1.54) is 18.4 Å². The van der Waals surface area contributed by atoms with Gasteiger partial charge in [-0.2, -0.15) is 12.3 Å². The van der Waals surface area contributed by atoms with Gasteiger partial charge in [0.25, 0.3) is 10.0 Å². The Bertz CT molecular complexity index is 1280. The standard InChI is InChI=1S/C26H26Cl2N2O4S/c1-3-30(35(2,33)34,23-6-4-5-20(15-23)26(31)32)24-16-29(17-24)25(18-7-11-21(27)12-8-18)19-9-13-22(28)14-10-19/h4-15,24-25H,3,16-17H2,1-2H3. The topological polar surface area (TPSA) is 77.5 Å². The summed E-state index contributed by atoms with van der Waals surface area (Å²) in [5.74, 6) is -1.34. The lowest BCUT2D eigenvalue weighted by molar-refractivity contribution is -0.255. The SMILES string of the molecule is CC[N+](c1cccc(C(=O)[O-])c1)(C1CN(C(c2ccc(Cl)cc2)c2ccc(Cl)cc2)C1)S(C)(=O)=O. The number of likely N-dealkylation sites (N-methyl/N-ethyl adjacent to an activating group) is 1. The second-order valence-corrected chi connectivity index (χ2v) is 11.8. The predicted octanol–water partition coefficient (Wildman–Crippen LogP) is 4.12. The van der Waals surface area contributed by atoms with Gasteiger partial charge >= 0.3 is 0 Å². The molecule has 1 aliphatic rings. The number of hydrogen-bond acceptors (Lipinski definition) is 5. The van der Waals surface area contributed by atoms with Gasteiger partial charge in [0.15, 0.2) is 0 Å². The van der Waals surface area contributed by atoms with Crippen LogP contribution < -0.4 is 8.99 Å². The fourth-order valence-corrected chi connectivity index (χ4v) is 6.98. The summed E-state index contributed by atoms with van der Waals surface area (Å²) < 4.78 is 26.2. The largest absolute Gasteiger partial charge is 0.545 e. The van der Waals surface area contributed by atoms with Crippen molar-refractivity contribution in [1.29, 1.82) is 0 Å². The molecule has 1 saturated heterocycles. The number of quaternary nitrogens is 1. The molecule has 1 atom stereocenters. The molecule has 0 radical (unpaired) electrons. The van der Waals surface area contributed by atoms with E-state index in [9.17, 15) is 18.3 Å². The molecule has 184 valence electrons. The van der Waals surface area contributed by atoms with Crippen LogP contribution in [0, 0.1) is 0 Å². The van der Waals surface area contributed by atoms with Gasteiger partial charge in [-0.25, -0.2) is 0 Å². The summed E-state index contributed by atoms with van der Waals surface area (Å²) in [5, 5.41) is 12.8. The van der Waals surface area contributed by atoms with Crippen LogP contribution in [-0.4, -0.2) is 51.2 Å². The Kier molecular flexibility index (Phi) is 7.27. The van der Waals surface area contributed by atoms with E-state index in [-0.39, 0.29) is 28.1 Å². The number of carboxylic acids is 1. The van der Waals surface area contributed by atoms with Crippen LogP contribution in [-0.2, 0) is 10.0 Å². The fraction of sp³-hybridized carbons (Fsp3) is 0.269. The molecular weight excluding hydrogens is 507 g/mol. The smallest absolute Gasteiger partial charge is 0.299 e. The maximum Gasteiger partial charge on any atom is 0.299 e. The van der Waals surface area contributed by atoms with Gasteiger partial charge in [0.05, 0.1) is 37.9 Å². The van der Waals surface area contributed by atoms with Crippen LogP contribution in [0.1, 0.15) is 34.5 Å². The average molecular weight is 533 g/mol. The number of carbonyl (C=O) groups is 1. The van der Waals surface area contributed by atoms with Gasteiger partial charge in [0.1, 0.15) is 11.7 Å². The number of halogens is 2. The molecule has 0 spiro atoms. The molecular formula is C26H26Cl2N2O4S. The van der Waals surface area contributed by atoms with E-state index in [1.807, 2.05) is 55.5 Å². The van der Waals surface area contributed by atoms with Crippen LogP contribution >= 0.6 is 23.2 Å². The Hall–Kier alpha value is -2.42. The monoisotopic (exact) mass is 532 g/mol. The quantitative estimate of drug-likeness (QED) is 0.408. The highest BCUT2D eigenvalue weighted by Gasteiger charge is 2.53. The summed E-state index contributed by atoms with van der Waals surface area (Å²) in [4.78, 5) is 13.7. The Morgan fingerprint density at radius 2 is 1.51 bits per heavy atom. The predicted molar refractivity (Wildman–Crippen MR) is 138 cm³/mol. The van der Waals surface area contributed by atoms with E-state index in [0.29, 0.717) is 28.8 Å². The number of hydrogen-bond donors (Lipinski definition) is 0. The van der Waals surface area contributed by atoms with E-state index in [0.717, 1.165) is 11.1 Å². The molecule has 0 bridgehead atoms. The normalized spacial score (nSPS) is 16.6. The lowest BCUT2D eigenvalue weighted by Crippen LogP contribution is -2.72. The summed E-state index contributed by atoms with van der Waals surface area (Å²) in [6.07, 6.45) is 1.21. The summed E-state index contributed by atoms with van der Waals surface area (Å²) in [7, 11) is -3.66. The molecule has 4 rings (SSSR count). The molecule has 1 aliphatic heterocycles. The summed E-state index contributed by atoms with van der Waals surface area (Å²) in [5.41, 5.74) is 2.44. The molecule has 35 heavy (non-hydrogen) atoms. The molecule has 6 nitrogen and oxygen atoms in total. The number of likely N-dealkylation sites (tertiary alicyclic amines) is 1. The molecule has 3 aromatic rings. The molecule has 0 aliphatic carbocycles. The van der Waals surface area contributed by atoms with Crippen molar-refractivity contribution in [3.05, 3.63) is 99.5 Å².